The summed E-state index contributed by atoms with van der Waals surface area (Å²) in [5.74, 6) is 0.690. The third kappa shape index (κ3) is 7.89. The van der Waals surface area contributed by atoms with Crippen LogP contribution < -0.4 is 10.8 Å². The largest absolute Gasteiger partial charge is 0.346 e. The molecule has 1 aromatic heterocycles. The number of aromatic amines is 1. The number of nitrogens with one attached hydrogen (secondary N) is 3. The van der Waals surface area contributed by atoms with Gasteiger partial charge >= 0.3 is 0 Å². The fourth-order valence-electron chi connectivity index (χ4n) is 4.58. The van der Waals surface area contributed by atoms with Crippen molar-refractivity contribution in [3.63, 3.8) is 0 Å². The van der Waals surface area contributed by atoms with Gasteiger partial charge in [0.25, 0.3) is 0 Å². The second kappa shape index (κ2) is 14.3. The number of amides is 2. The molecule has 0 aliphatic heterocycles. The molecular weight excluding hydrogens is 476 g/mol. The van der Waals surface area contributed by atoms with E-state index in [9.17, 15) is 9.59 Å². The first-order valence-electron chi connectivity index (χ1n) is 13.8. The van der Waals surface area contributed by atoms with Crippen molar-refractivity contribution in [1.82, 2.24) is 20.8 Å². The van der Waals surface area contributed by atoms with E-state index in [1.54, 1.807) is 0 Å². The van der Waals surface area contributed by atoms with Crippen LogP contribution in [0.25, 0.3) is 21.8 Å². The Morgan fingerprint density at radius 1 is 0.895 bits per heavy atom. The summed E-state index contributed by atoms with van der Waals surface area (Å²) in [5.41, 5.74) is 5.54. The number of hydroxylamine groups is 1. The van der Waals surface area contributed by atoms with Crippen molar-refractivity contribution in [1.29, 1.82) is 0 Å². The number of fused-ring (bicyclic) bond motifs is 3. The number of hydrogen-bond donors (Lipinski definition) is 3. The zero-order valence-corrected chi connectivity index (χ0v) is 22.2. The van der Waals surface area contributed by atoms with Gasteiger partial charge in [-0.3, -0.25) is 14.4 Å². The van der Waals surface area contributed by atoms with Crippen LogP contribution in [0.1, 0.15) is 75.7 Å². The summed E-state index contributed by atoms with van der Waals surface area (Å²) in [5, 5.41) is 5.45. The van der Waals surface area contributed by atoms with Crippen LogP contribution >= 0.6 is 0 Å². The minimum atomic E-state index is -0.226. The molecule has 0 aliphatic rings. The van der Waals surface area contributed by atoms with E-state index in [1.165, 1.54) is 0 Å². The number of carbonyl (C=O) groups is 2. The Labute approximate surface area is 224 Å². The highest BCUT2D eigenvalue weighted by molar-refractivity contribution is 6.04. The summed E-state index contributed by atoms with van der Waals surface area (Å²) in [6.07, 6.45) is 6.75. The van der Waals surface area contributed by atoms with Crippen molar-refractivity contribution in [3.8, 4) is 0 Å². The van der Waals surface area contributed by atoms with Crippen LogP contribution in [0.15, 0.2) is 66.7 Å². The lowest BCUT2D eigenvalue weighted by molar-refractivity contribution is -0.133. The summed E-state index contributed by atoms with van der Waals surface area (Å²) in [6, 6.07) is 22.2. The maximum absolute atomic E-state index is 12.9. The van der Waals surface area contributed by atoms with E-state index in [2.05, 4.69) is 40.9 Å². The van der Waals surface area contributed by atoms with E-state index >= 15 is 0 Å². The standard InChI is InChI=1S/C31H38N4O3/c1-2-3-22-38-35-29(37)17-9-5-8-16-27(32-28(36)21-18-23-12-6-4-7-13-23)31-33-26-20-19-24-14-10-11-15-25(24)30(26)34-31/h4,6-7,10-15,19-20,27H,2-3,5,8-9,16-18,21-22H2,1H3,(H,32,36)(H,33,34)(H,35,37)/t27-/m0/s1. The molecule has 38 heavy (non-hydrogen) atoms. The highest BCUT2D eigenvalue weighted by Crippen LogP contribution is 2.27. The van der Waals surface area contributed by atoms with Crippen LogP contribution in [-0.2, 0) is 20.8 Å². The molecule has 3 aromatic carbocycles. The number of rotatable bonds is 15. The molecule has 7 nitrogen and oxygen atoms in total. The van der Waals surface area contributed by atoms with Gasteiger partial charge in [-0.2, -0.15) is 0 Å². The maximum Gasteiger partial charge on any atom is 0.243 e. The van der Waals surface area contributed by atoms with Crippen LogP contribution in [-0.4, -0.2) is 28.4 Å². The molecule has 1 atom stereocenters. The average molecular weight is 515 g/mol. The Kier molecular flexibility index (Phi) is 10.3. The number of nitrogens with zero attached hydrogens (tertiary/aromatic N) is 1. The monoisotopic (exact) mass is 514 g/mol. The fourth-order valence-corrected chi connectivity index (χ4v) is 4.58. The highest BCUT2D eigenvalue weighted by atomic mass is 16.6. The lowest BCUT2D eigenvalue weighted by atomic mass is 10.1. The Morgan fingerprint density at radius 3 is 2.55 bits per heavy atom. The van der Waals surface area contributed by atoms with Gasteiger partial charge in [-0.1, -0.05) is 86.8 Å². The van der Waals surface area contributed by atoms with Gasteiger partial charge in [0.1, 0.15) is 5.82 Å². The van der Waals surface area contributed by atoms with Crippen molar-refractivity contribution in [2.24, 2.45) is 0 Å². The summed E-state index contributed by atoms with van der Waals surface area (Å²) < 4.78 is 0. The number of benzene rings is 3. The molecule has 0 fully saturated rings. The number of H-pyrrole nitrogens is 1. The summed E-state index contributed by atoms with van der Waals surface area (Å²) >= 11 is 0. The molecule has 0 radical (unpaired) electrons. The average Bonchev–Trinajstić information content (AvgIpc) is 3.39. The van der Waals surface area contributed by atoms with E-state index in [0.29, 0.717) is 25.9 Å². The van der Waals surface area contributed by atoms with Crippen molar-refractivity contribution < 1.29 is 14.4 Å². The molecular formula is C31H38N4O3. The van der Waals surface area contributed by atoms with Crippen LogP contribution in [0.3, 0.4) is 0 Å². The summed E-state index contributed by atoms with van der Waals surface area (Å²) in [4.78, 5) is 38.5. The molecule has 4 aromatic rings. The molecule has 0 bridgehead atoms. The lowest BCUT2D eigenvalue weighted by Gasteiger charge is -2.17. The molecule has 2 amide bonds. The van der Waals surface area contributed by atoms with E-state index in [4.69, 9.17) is 9.82 Å². The first kappa shape index (κ1) is 27.3. The Bertz CT molecular complexity index is 1320. The number of imidazole rings is 1. The van der Waals surface area contributed by atoms with Crippen LogP contribution in [0.4, 0.5) is 0 Å². The highest BCUT2D eigenvalue weighted by Gasteiger charge is 2.19. The third-order valence-corrected chi connectivity index (χ3v) is 6.73. The second-order valence-electron chi connectivity index (χ2n) is 9.74. The second-order valence-corrected chi connectivity index (χ2v) is 9.74. The van der Waals surface area contributed by atoms with E-state index in [-0.39, 0.29) is 17.9 Å². The molecule has 200 valence electrons. The van der Waals surface area contributed by atoms with E-state index in [1.807, 2.05) is 48.5 Å². The van der Waals surface area contributed by atoms with Gasteiger partial charge in [0.15, 0.2) is 0 Å². The molecule has 0 aliphatic carbocycles. The van der Waals surface area contributed by atoms with Crippen molar-refractivity contribution >= 4 is 33.6 Å². The number of unbranched alkanes of at least 4 members (excludes halogenated alkanes) is 3. The molecule has 0 saturated heterocycles. The smallest absolute Gasteiger partial charge is 0.243 e. The van der Waals surface area contributed by atoms with Gasteiger partial charge in [-0.25, -0.2) is 10.5 Å². The summed E-state index contributed by atoms with van der Waals surface area (Å²) in [7, 11) is 0. The van der Waals surface area contributed by atoms with Crippen LogP contribution in [0, 0.1) is 0 Å². The molecule has 1 heterocycles. The van der Waals surface area contributed by atoms with Gasteiger partial charge in [-0.05, 0) is 42.7 Å². The SMILES string of the molecule is CCCCONC(=O)CCCCC[C@H](NC(=O)CCc1ccccc1)c1nc2c(ccc3ccccc32)[nH]1. The Hall–Kier alpha value is -3.71. The van der Waals surface area contributed by atoms with Crippen LogP contribution in [0.2, 0.25) is 0 Å². The summed E-state index contributed by atoms with van der Waals surface area (Å²) in [6.45, 7) is 2.62. The molecule has 0 spiro atoms. The molecule has 0 saturated carbocycles. The minimum absolute atomic E-state index is 0.00720. The first-order valence-corrected chi connectivity index (χ1v) is 13.8. The third-order valence-electron chi connectivity index (χ3n) is 6.73. The van der Waals surface area contributed by atoms with Gasteiger partial charge in [-0.15, -0.1) is 0 Å². The molecule has 4 rings (SSSR count). The van der Waals surface area contributed by atoms with E-state index in [0.717, 1.165) is 71.7 Å². The fraction of sp³-hybridized carbons (Fsp3) is 0.387. The van der Waals surface area contributed by atoms with Gasteiger partial charge in [0.05, 0.1) is 23.7 Å². The van der Waals surface area contributed by atoms with Gasteiger partial charge < -0.3 is 10.3 Å². The molecule has 0 unspecified atom stereocenters. The van der Waals surface area contributed by atoms with E-state index < -0.39 is 0 Å². The van der Waals surface area contributed by atoms with Crippen molar-refractivity contribution in [3.05, 3.63) is 78.1 Å². The number of hydrogen-bond acceptors (Lipinski definition) is 4. The maximum atomic E-state index is 12.9. The predicted molar refractivity (Wildman–Crippen MR) is 151 cm³/mol. The minimum Gasteiger partial charge on any atom is -0.346 e. The number of aryl methyl sites for hydroxylation is 1. The molecule has 3 N–H and O–H groups in total. The van der Waals surface area contributed by atoms with Gasteiger partial charge in [0.2, 0.25) is 11.8 Å². The van der Waals surface area contributed by atoms with Gasteiger partial charge in [0, 0.05) is 18.2 Å². The zero-order chi connectivity index (χ0) is 26.6. The van der Waals surface area contributed by atoms with Crippen molar-refractivity contribution in [2.45, 2.75) is 70.8 Å². The number of carbonyl (C=O) groups excluding carboxylic acids is 2. The first-order chi connectivity index (χ1) is 18.6. The molecule has 7 heteroatoms. The normalized spacial score (nSPS) is 12.0. The van der Waals surface area contributed by atoms with Crippen molar-refractivity contribution in [2.75, 3.05) is 6.61 Å². The Morgan fingerprint density at radius 2 is 1.71 bits per heavy atom. The Balaban J connectivity index is 1.37. The number of aromatic nitrogens is 2. The topological polar surface area (TPSA) is 96.1 Å². The lowest BCUT2D eigenvalue weighted by Crippen LogP contribution is -2.29. The zero-order valence-electron chi connectivity index (χ0n) is 22.2. The quantitative estimate of drug-likeness (QED) is 0.128. The predicted octanol–water partition coefficient (Wildman–Crippen LogP) is 6.30. The van der Waals surface area contributed by atoms with Crippen LogP contribution in [0.5, 0.6) is 0 Å².